The molecule has 62 valence electrons. The highest BCUT2D eigenvalue weighted by Gasteiger charge is 2.30. The molecule has 3 heteroatoms. The molecule has 0 saturated carbocycles. The fourth-order valence-corrected chi connectivity index (χ4v) is 1.15. The number of rotatable bonds is 1. The third-order valence-corrected chi connectivity index (χ3v) is 1.97. The normalized spacial score (nSPS) is 24.7. The second kappa shape index (κ2) is 2.57. The molecule has 0 radical (unpaired) electrons. The topological polar surface area (TPSA) is 49.3 Å². The zero-order chi connectivity index (χ0) is 8.59. The Hall–Kier alpha value is -0.990. The first kappa shape index (κ1) is 8.11. The van der Waals surface area contributed by atoms with Crippen LogP contribution in [0.25, 0.3) is 0 Å². The molecule has 0 bridgehead atoms. The lowest BCUT2D eigenvalue weighted by atomic mass is 10.0. The van der Waals surface area contributed by atoms with Gasteiger partial charge in [-0.3, -0.25) is 4.79 Å². The van der Waals surface area contributed by atoms with Crippen molar-refractivity contribution in [3.63, 3.8) is 0 Å². The van der Waals surface area contributed by atoms with Gasteiger partial charge >= 0.3 is 0 Å². The molecule has 1 heterocycles. The Bertz CT molecular complexity index is 218. The van der Waals surface area contributed by atoms with Crippen molar-refractivity contribution >= 4 is 5.91 Å². The van der Waals surface area contributed by atoms with Crippen LogP contribution in [0.2, 0.25) is 0 Å². The van der Waals surface area contributed by atoms with Crippen LogP contribution in [0.5, 0.6) is 0 Å². The van der Waals surface area contributed by atoms with Gasteiger partial charge in [0.25, 0.3) is 5.91 Å². The van der Waals surface area contributed by atoms with Gasteiger partial charge in [0.05, 0.1) is 11.6 Å². The molecule has 1 aliphatic rings. The summed E-state index contributed by atoms with van der Waals surface area (Å²) >= 11 is 0. The first-order valence-electron chi connectivity index (χ1n) is 3.74. The van der Waals surface area contributed by atoms with Crippen LogP contribution < -0.4 is 5.32 Å². The highest BCUT2D eigenvalue weighted by Crippen LogP contribution is 2.19. The summed E-state index contributed by atoms with van der Waals surface area (Å²) in [5, 5.41) is 12.1. The molecule has 1 amide bonds. The van der Waals surface area contributed by atoms with E-state index in [1.165, 1.54) is 0 Å². The lowest BCUT2D eigenvalue weighted by Crippen LogP contribution is -2.33. The smallest absolute Gasteiger partial charge is 0.250 e. The van der Waals surface area contributed by atoms with Gasteiger partial charge in [-0.25, -0.2) is 0 Å². The standard InChI is InChI=1S/C8H13NO2/c1-4(2)6-7(10)5(3)8(11)9-6/h4,6,10H,1-3H3,(H,9,11)/t6-/m0/s1. The zero-order valence-corrected chi connectivity index (χ0v) is 7.01. The Labute approximate surface area is 66.1 Å². The fraction of sp³-hybridized carbons (Fsp3) is 0.625. The summed E-state index contributed by atoms with van der Waals surface area (Å²) in [7, 11) is 0. The van der Waals surface area contributed by atoms with E-state index < -0.39 is 0 Å². The Balaban J connectivity index is 2.86. The van der Waals surface area contributed by atoms with E-state index in [9.17, 15) is 9.90 Å². The Morgan fingerprint density at radius 1 is 1.55 bits per heavy atom. The van der Waals surface area contributed by atoms with Gasteiger partial charge in [0.2, 0.25) is 0 Å². The fourth-order valence-electron chi connectivity index (χ4n) is 1.15. The molecule has 0 aromatic rings. The first-order chi connectivity index (χ1) is 5.04. The van der Waals surface area contributed by atoms with Crippen molar-refractivity contribution in [1.29, 1.82) is 0 Å². The second-order valence-corrected chi connectivity index (χ2v) is 3.21. The van der Waals surface area contributed by atoms with Gasteiger partial charge < -0.3 is 10.4 Å². The van der Waals surface area contributed by atoms with Crippen molar-refractivity contribution in [2.45, 2.75) is 26.8 Å². The molecule has 0 fully saturated rings. The van der Waals surface area contributed by atoms with E-state index in [-0.39, 0.29) is 23.6 Å². The Kier molecular flexibility index (Phi) is 1.89. The largest absolute Gasteiger partial charge is 0.510 e. The molecule has 0 aromatic heterocycles. The predicted molar refractivity (Wildman–Crippen MR) is 42.1 cm³/mol. The minimum atomic E-state index is -0.178. The van der Waals surface area contributed by atoms with Crippen molar-refractivity contribution in [1.82, 2.24) is 5.32 Å². The first-order valence-corrected chi connectivity index (χ1v) is 3.74. The van der Waals surface area contributed by atoms with Crippen molar-refractivity contribution < 1.29 is 9.90 Å². The molecule has 0 unspecified atom stereocenters. The maximum absolute atomic E-state index is 11.0. The molecule has 1 rings (SSSR count). The van der Waals surface area contributed by atoms with Crippen LogP contribution in [0.1, 0.15) is 20.8 Å². The monoisotopic (exact) mass is 155 g/mol. The van der Waals surface area contributed by atoms with Crippen LogP contribution in [-0.4, -0.2) is 17.1 Å². The van der Waals surface area contributed by atoms with E-state index in [0.29, 0.717) is 5.57 Å². The molecular formula is C8H13NO2. The summed E-state index contributed by atoms with van der Waals surface area (Å²) in [4.78, 5) is 11.0. The maximum atomic E-state index is 11.0. The average molecular weight is 155 g/mol. The SMILES string of the molecule is CC1=C(O)[C@H](C(C)C)NC1=O. The van der Waals surface area contributed by atoms with Crippen LogP contribution >= 0.6 is 0 Å². The number of amides is 1. The van der Waals surface area contributed by atoms with Crippen LogP contribution in [0, 0.1) is 5.92 Å². The third-order valence-electron chi connectivity index (χ3n) is 1.97. The van der Waals surface area contributed by atoms with Gasteiger partial charge in [0, 0.05) is 0 Å². The molecule has 0 saturated heterocycles. The number of aliphatic hydroxyl groups excluding tert-OH is 1. The molecule has 1 aliphatic heterocycles. The van der Waals surface area contributed by atoms with Crippen LogP contribution in [0.4, 0.5) is 0 Å². The Morgan fingerprint density at radius 3 is 2.27 bits per heavy atom. The maximum Gasteiger partial charge on any atom is 0.250 e. The highest BCUT2D eigenvalue weighted by atomic mass is 16.3. The molecule has 2 N–H and O–H groups in total. The van der Waals surface area contributed by atoms with Crippen molar-refractivity contribution in [3.05, 3.63) is 11.3 Å². The van der Waals surface area contributed by atoms with E-state index in [0.717, 1.165) is 0 Å². The third kappa shape index (κ3) is 1.23. The number of nitrogens with one attached hydrogen (secondary N) is 1. The minimum Gasteiger partial charge on any atom is -0.510 e. The quantitative estimate of drug-likeness (QED) is 0.592. The van der Waals surface area contributed by atoms with Gasteiger partial charge in [0.1, 0.15) is 5.76 Å². The van der Waals surface area contributed by atoms with Gasteiger partial charge in [0.15, 0.2) is 0 Å². The Morgan fingerprint density at radius 2 is 2.09 bits per heavy atom. The highest BCUT2D eigenvalue weighted by molar-refractivity contribution is 5.96. The van der Waals surface area contributed by atoms with E-state index in [2.05, 4.69) is 5.32 Å². The number of hydrogen-bond acceptors (Lipinski definition) is 2. The van der Waals surface area contributed by atoms with Crippen molar-refractivity contribution in [2.75, 3.05) is 0 Å². The molecular weight excluding hydrogens is 142 g/mol. The summed E-state index contributed by atoms with van der Waals surface area (Å²) in [6.45, 7) is 5.55. The summed E-state index contributed by atoms with van der Waals surface area (Å²) in [6, 6.07) is -0.178. The van der Waals surface area contributed by atoms with E-state index >= 15 is 0 Å². The summed E-state index contributed by atoms with van der Waals surface area (Å²) < 4.78 is 0. The van der Waals surface area contributed by atoms with Gasteiger partial charge in [-0.15, -0.1) is 0 Å². The molecule has 0 aliphatic carbocycles. The van der Waals surface area contributed by atoms with Crippen molar-refractivity contribution in [3.8, 4) is 0 Å². The summed E-state index contributed by atoms with van der Waals surface area (Å²) in [5.41, 5.74) is 0.448. The van der Waals surface area contributed by atoms with Gasteiger partial charge in [-0.05, 0) is 12.8 Å². The minimum absolute atomic E-state index is 0.152. The van der Waals surface area contributed by atoms with Gasteiger partial charge in [-0.1, -0.05) is 13.8 Å². The van der Waals surface area contributed by atoms with Crippen LogP contribution in [-0.2, 0) is 4.79 Å². The van der Waals surface area contributed by atoms with E-state index in [4.69, 9.17) is 0 Å². The molecule has 0 aromatic carbocycles. The number of carbonyl (C=O) groups excluding carboxylic acids is 1. The van der Waals surface area contributed by atoms with Gasteiger partial charge in [-0.2, -0.15) is 0 Å². The van der Waals surface area contributed by atoms with Crippen LogP contribution in [0.3, 0.4) is 0 Å². The molecule has 3 nitrogen and oxygen atoms in total. The second-order valence-electron chi connectivity index (χ2n) is 3.21. The molecule has 11 heavy (non-hydrogen) atoms. The number of aliphatic hydroxyl groups is 1. The molecule has 1 atom stereocenters. The predicted octanol–water partition coefficient (Wildman–Crippen LogP) is 0.973. The van der Waals surface area contributed by atoms with Crippen molar-refractivity contribution in [2.24, 2.45) is 5.92 Å². The summed E-state index contributed by atoms with van der Waals surface area (Å²) in [6.07, 6.45) is 0. The molecule has 0 spiro atoms. The lowest BCUT2D eigenvalue weighted by molar-refractivity contribution is -0.117. The average Bonchev–Trinajstić information content (AvgIpc) is 2.17. The van der Waals surface area contributed by atoms with E-state index in [1.54, 1.807) is 6.92 Å². The van der Waals surface area contributed by atoms with E-state index in [1.807, 2.05) is 13.8 Å². The van der Waals surface area contributed by atoms with Crippen LogP contribution in [0.15, 0.2) is 11.3 Å². The zero-order valence-electron chi connectivity index (χ0n) is 7.01. The lowest BCUT2D eigenvalue weighted by Gasteiger charge is -2.14. The summed E-state index contributed by atoms with van der Waals surface area (Å²) in [5.74, 6) is 0.294. The number of carbonyl (C=O) groups is 1. The number of hydrogen-bond donors (Lipinski definition) is 2.